The SMILES string of the molecule is CC(C)[C@H](NC(c1cccnc1)c1nnnn1C1CCCCC1)C(=O)O. The smallest absolute Gasteiger partial charge is 0.320 e. The van der Waals surface area contributed by atoms with Crippen LogP contribution in [0.15, 0.2) is 24.5 Å². The maximum absolute atomic E-state index is 11.7. The minimum atomic E-state index is -0.884. The topological polar surface area (TPSA) is 106 Å². The number of rotatable bonds is 7. The third-order valence-electron chi connectivity index (χ3n) is 4.99. The second kappa shape index (κ2) is 8.35. The van der Waals surface area contributed by atoms with E-state index >= 15 is 0 Å². The molecule has 8 heteroatoms. The minimum Gasteiger partial charge on any atom is -0.480 e. The normalized spacial score (nSPS) is 18.0. The van der Waals surface area contributed by atoms with Gasteiger partial charge >= 0.3 is 5.97 Å². The highest BCUT2D eigenvalue weighted by Gasteiger charge is 2.31. The Hall–Kier alpha value is -2.35. The molecule has 1 fully saturated rings. The standard InChI is InChI=1S/C18H26N6O2/c1-12(2)15(18(25)26)20-16(13-7-6-10-19-11-13)17-21-22-23-24(17)14-8-4-3-5-9-14/h6-7,10-12,14-16,20H,3-5,8-9H2,1-2H3,(H,25,26)/t15-,16?/m0/s1. The van der Waals surface area contributed by atoms with Crippen molar-refractivity contribution in [2.45, 2.75) is 64.1 Å². The Morgan fingerprint density at radius 2 is 2.08 bits per heavy atom. The lowest BCUT2D eigenvalue weighted by Crippen LogP contribution is -2.44. The molecule has 8 nitrogen and oxygen atoms in total. The molecule has 0 saturated heterocycles. The van der Waals surface area contributed by atoms with Gasteiger partial charge in [-0.2, -0.15) is 0 Å². The quantitative estimate of drug-likeness (QED) is 0.782. The average molecular weight is 358 g/mol. The Kier molecular flexibility index (Phi) is 5.92. The van der Waals surface area contributed by atoms with Crippen LogP contribution in [0.5, 0.6) is 0 Å². The molecule has 0 aromatic carbocycles. The van der Waals surface area contributed by atoms with E-state index in [1.54, 1.807) is 12.4 Å². The summed E-state index contributed by atoms with van der Waals surface area (Å²) in [6.45, 7) is 3.77. The number of carboxylic acids is 1. The molecular weight excluding hydrogens is 332 g/mol. The molecular formula is C18H26N6O2. The van der Waals surface area contributed by atoms with Gasteiger partial charge in [-0.05, 0) is 40.8 Å². The molecule has 26 heavy (non-hydrogen) atoms. The molecule has 0 aliphatic heterocycles. The molecule has 2 aromatic rings. The van der Waals surface area contributed by atoms with Crippen molar-refractivity contribution in [1.29, 1.82) is 0 Å². The average Bonchev–Trinajstić information content (AvgIpc) is 3.12. The molecule has 1 saturated carbocycles. The first-order chi connectivity index (χ1) is 12.6. The minimum absolute atomic E-state index is 0.0781. The van der Waals surface area contributed by atoms with Gasteiger partial charge in [-0.25, -0.2) is 4.68 Å². The Labute approximate surface area is 153 Å². The number of pyridine rings is 1. The predicted octanol–water partition coefficient (Wildman–Crippen LogP) is 2.36. The van der Waals surface area contributed by atoms with Gasteiger partial charge in [-0.15, -0.1) is 5.10 Å². The van der Waals surface area contributed by atoms with Crippen LogP contribution in [0.2, 0.25) is 0 Å². The lowest BCUT2D eigenvalue weighted by molar-refractivity contribution is -0.140. The highest BCUT2D eigenvalue weighted by Crippen LogP contribution is 2.31. The van der Waals surface area contributed by atoms with E-state index in [1.165, 1.54) is 19.3 Å². The lowest BCUT2D eigenvalue weighted by Gasteiger charge is -2.28. The maximum Gasteiger partial charge on any atom is 0.320 e. The molecule has 3 rings (SSSR count). The summed E-state index contributed by atoms with van der Waals surface area (Å²) in [5.74, 6) is -0.312. The van der Waals surface area contributed by atoms with Crippen LogP contribution in [0.3, 0.4) is 0 Å². The predicted molar refractivity (Wildman–Crippen MR) is 95.4 cm³/mol. The molecule has 2 atom stereocenters. The van der Waals surface area contributed by atoms with Crippen molar-refractivity contribution < 1.29 is 9.90 Å². The summed E-state index contributed by atoms with van der Waals surface area (Å²) < 4.78 is 1.88. The summed E-state index contributed by atoms with van der Waals surface area (Å²) in [4.78, 5) is 15.9. The zero-order chi connectivity index (χ0) is 18.5. The van der Waals surface area contributed by atoms with Crippen molar-refractivity contribution >= 4 is 5.97 Å². The van der Waals surface area contributed by atoms with Gasteiger partial charge in [0.1, 0.15) is 6.04 Å². The second-order valence-corrected chi connectivity index (χ2v) is 7.22. The van der Waals surface area contributed by atoms with Crippen molar-refractivity contribution in [2.75, 3.05) is 0 Å². The number of hydrogen-bond donors (Lipinski definition) is 2. The van der Waals surface area contributed by atoms with Crippen LogP contribution >= 0.6 is 0 Å². The Bertz CT molecular complexity index is 711. The summed E-state index contributed by atoms with van der Waals surface area (Å²) in [5, 5.41) is 25.3. The molecule has 140 valence electrons. The summed E-state index contributed by atoms with van der Waals surface area (Å²) in [7, 11) is 0. The van der Waals surface area contributed by atoms with Gasteiger partial charge in [0, 0.05) is 12.4 Å². The summed E-state index contributed by atoms with van der Waals surface area (Å²) >= 11 is 0. The van der Waals surface area contributed by atoms with Gasteiger partial charge in [0.2, 0.25) is 0 Å². The van der Waals surface area contributed by atoms with Crippen LogP contribution in [0.4, 0.5) is 0 Å². The summed E-state index contributed by atoms with van der Waals surface area (Å²) in [6.07, 6.45) is 9.09. The molecule has 0 bridgehead atoms. The van der Waals surface area contributed by atoms with E-state index in [4.69, 9.17) is 0 Å². The molecule has 2 aromatic heterocycles. The van der Waals surface area contributed by atoms with E-state index in [2.05, 4.69) is 25.8 Å². The second-order valence-electron chi connectivity index (χ2n) is 7.22. The number of aliphatic carboxylic acids is 1. The molecule has 1 aliphatic carbocycles. The number of nitrogens with one attached hydrogen (secondary N) is 1. The molecule has 1 aliphatic rings. The highest BCUT2D eigenvalue weighted by atomic mass is 16.4. The largest absolute Gasteiger partial charge is 0.480 e. The Balaban J connectivity index is 1.96. The number of carbonyl (C=O) groups is 1. The van der Waals surface area contributed by atoms with Crippen molar-refractivity contribution in [2.24, 2.45) is 5.92 Å². The van der Waals surface area contributed by atoms with Crippen LogP contribution in [0.25, 0.3) is 0 Å². The molecule has 2 heterocycles. The number of nitrogens with zero attached hydrogens (tertiary/aromatic N) is 5. The first-order valence-corrected chi connectivity index (χ1v) is 9.24. The monoisotopic (exact) mass is 358 g/mol. The van der Waals surface area contributed by atoms with Crippen molar-refractivity contribution in [3.8, 4) is 0 Å². The Morgan fingerprint density at radius 3 is 2.69 bits per heavy atom. The molecule has 1 unspecified atom stereocenters. The lowest BCUT2D eigenvalue weighted by atomic mass is 9.95. The fourth-order valence-corrected chi connectivity index (χ4v) is 3.57. The Morgan fingerprint density at radius 1 is 1.31 bits per heavy atom. The van der Waals surface area contributed by atoms with Crippen LogP contribution in [-0.2, 0) is 4.79 Å². The van der Waals surface area contributed by atoms with Crippen LogP contribution < -0.4 is 5.32 Å². The van der Waals surface area contributed by atoms with E-state index in [9.17, 15) is 9.90 Å². The van der Waals surface area contributed by atoms with Gasteiger partial charge in [0.05, 0.1) is 12.1 Å². The van der Waals surface area contributed by atoms with E-state index in [0.29, 0.717) is 5.82 Å². The van der Waals surface area contributed by atoms with Crippen molar-refractivity contribution in [3.63, 3.8) is 0 Å². The molecule has 0 spiro atoms. The van der Waals surface area contributed by atoms with Gasteiger partial charge in [-0.1, -0.05) is 39.2 Å². The van der Waals surface area contributed by atoms with Gasteiger partial charge in [0.25, 0.3) is 0 Å². The zero-order valence-electron chi connectivity index (χ0n) is 15.2. The van der Waals surface area contributed by atoms with E-state index in [-0.39, 0.29) is 12.0 Å². The van der Waals surface area contributed by atoms with E-state index in [0.717, 1.165) is 18.4 Å². The highest BCUT2D eigenvalue weighted by molar-refractivity contribution is 5.73. The summed E-state index contributed by atoms with van der Waals surface area (Å²) in [6, 6.07) is 2.88. The fourth-order valence-electron chi connectivity index (χ4n) is 3.57. The summed E-state index contributed by atoms with van der Waals surface area (Å²) in [5.41, 5.74) is 0.853. The van der Waals surface area contributed by atoms with Gasteiger partial charge < -0.3 is 5.11 Å². The van der Waals surface area contributed by atoms with Crippen LogP contribution in [0, 0.1) is 5.92 Å². The zero-order valence-corrected chi connectivity index (χ0v) is 15.2. The third kappa shape index (κ3) is 4.07. The molecule has 0 amide bonds. The van der Waals surface area contributed by atoms with Crippen molar-refractivity contribution in [3.05, 3.63) is 35.9 Å². The van der Waals surface area contributed by atoms with Crippen LogP contribution in [-0.4, -0.2) is 42.3 Å². The number of carboxylic acid groups (broad SMARTS) is 1. The molecule has 0 radical (unpaired) electrons. The van der Waals surface area contributed by atoms with Gasteiger partial charge in [0.15, 0.2) is 5.82 Å². The number of aromatic nitrogens is 5. The van der Waals surface area contributed by atoms with Gasteiger partial charge in [-0.3, -0.25) is 15.1 Å². The van der Waals surface area contributed by atoms with Crippen LogP contribution in [0.1, 0.15) is 69.4 Å². The first-order valence-electron chi connectivity index (χ1n) is 9.24. The number of tetrazole rings is 1. The maximum atomic E-state index is 11.7. The number of hydrogen-bond acceptors (Lipinski definition) is 6. The first kappa shape index (κ1) is 18.4. The van der Waals surface area contributed by atoms with Crippen molar-refractivity contribution in [1.82, 2.24) is 30.5 Å². The fraction of sp³-hybridized carbons (Fsp3) is 0.611. The third-order valence-corrected chi connectivity index (χ3v) is 4.99. The van der Waals surface area contributed by atoms with E-state index in [1.807, 2.05) is 30.7 Å². The molecule has 2 N–H and O–H groups in total. The van der Waals surface area contributed by atoms with E-state index < -0.39 is 18.1 Å².